The molecule has 0 radical (unpaired) electrons. The summed E-state index contributed by atoms with van der Waals surface area (Å²) in [5.41, 5.74) is 0.808. The van der Waals surface area contributed by atoms with Gasteiger partial charge < -0.3 is 14.5 Å². The number of amides is 2. The molecular formula is C19H23ClN2O3. The molecular weight excluding hydrogens is 340 g/mol. The van der Waals surface area contributed by atoms with Crippen LogP contribution < -0.4 is 4.90 Å². The van der Waals surface area contributed by atoms with Crippen molar-refractivity contribution in [3.8, 4) is 0 Å². The van der Waals surface area contributed by atoms with Crippen molar-refractivity contribution in [1.29, 1.82) is 0 Å². The molecule has 3 atom stereocenters. The summed E-state index contributed by atoms with van der Waals surface area (Å²) in [6.45, 7) is 1.70. The van der Waals surface area contributed by atoms with Gasteiger partial charge in [0.05, 0.1) is 24.7 Å². The molecule has 4 rings (SSSR count). The SMILES string of the molecule is O=C1C[C@H](C(=O)N2CCO[C@@H]3CCCC[C@H]32)CN1c1ccc(Cl)cc1. The number of hydrogen-bond acceptors (Lipinski definition) is 3. The molecule has 2 amide bonds. The van der Waals surface area contributed by atoms with Gasteiger partial charge in [-0.1, -0.05) is 24.4 Å². The highest BCUT2D eigenvalue weighted by molar-refractivity contribution is 6.30. The molecule has 0 spiro atoms. The van der Waals surface area contributed by atoms with E-state index in [0.29, 0.717) is 24.7 Å². The zero-order valence-electron chi connectivity index (χ0n) is 14.2. The molecule has 1 aliphatic carbocycles. The van der Waals surface area contributed by atoms with E-state index in [1.807, 2.05) is 17.0 Å². The summed E-state index contributed by atoms with van der Waals surface area (Å²) < 4.78 is 5.86. The standard InChI is InChI=1S/C19H23ClN2O3/c20-14-5-7-15(8-6-14)22-12-13(11-18(22)23)19(24)21-9-10-25-17-4-2-1-3-16(17)21/h5-8,13,16-17H,1-4,9-12H2/t13-,16+,17+/m0/s1. The Labute approximate surface area is 152 Å². The Bertz CT molecular complexity index is 661. The summed E-state index contributed by atoms with van der Waals surface area (Å²) >= 11 is 5.92. The molecule has 3 fully saturated rings. The van der Waals surface area contributed by atoms with E-state index in [-0.39, 0.29) is 36.3 Å². The van der Waals surface area contributed by atoms with Crippen LogP contribution in [0.1, 0.15) is 32.1 Å². The van der Waals surface area contributed by atoms with E-state index in [9.17, 15) is 9.59 Å². The summed E-state index contributed by atoms with van der Waals surface area (Å²) in [7, 11) is 0. The fourth-order valence-electron chi connectivity index (χ4n) is 4.35. The summed E-state index contributed by atoms with van der Waals surface area (Å²) in [5, 5.41) is 0.639. The molecule has 3 aliphatic rings. The van der Waals surface area contributed by atoms with Gasteiger partial charge in [0, 0.05) is 30.2 Å². The first-order valence-electron chi connectivity index (χ1n) is 9.11. The molecule has 2 saturated heterocycles. The molecule has 1 aromatic rings. The summed E-state index contributed by atoms with van der Waals surface area (Å²) in [4.78, 5) is 29.2. The quantitative estimate of drug-likeness (QED) is 0.812. The molecule has 25 heavy (non-hydrogen) atoms. The van der Waals surface area contributed by atoms with Crippen LogP contribution in [0.4, 0.5) is 5.69 Å². The Balaban J connectivity index is 1.47. The second-order valence-corrected chi connectivity index (χ2v) is 7.61. The first kappa shape index (κ1) is 16.9. The molecule has 0 aromatic heterocycles. The molecule has 2 heterocycles. The molecule has 1 saturated carbocycles. The molecule has 5 nitrogen and oxygen atoms in total. The number of halogens is 1. The number of hydrogen-bond donors (Lipinski definition) is 0. The Kier molecular flexibility index (Phi) is 4.69. The normalized spacial score (nSPS) is 29.6. The highest BCUT2D eigenvalue weighted by atomic mass is 35.5. The third-order valence-corrected chi connectivity index (χ3v) is 5.88. The van der Waals surface area contributed by atoms with Gasteiger partial charge in [-0.05, 0) is 37.1 Å². The van der Waals surface area contributed by atoms with Gasteiger partial charge in [-0.2, -0.15) is 0 Å². The van der Waals surface area contributed by atoms with Crippen molar-refractivity contribution in [3.05, 3.63) is 29.3 Å². The van der Waals surface area contributed by atoms with Crippen molar-refractivity contribution in [2.24, 2.45) is 5.92 Å². The first-order chi connectivity index (χ1) is 12.1. The van der Waals surface area contributed by atoms with Crippen molar-refractivity contribution in [3.63, 3.8) is 0 Å². The molecule has 0 bridgehead atoms. The van der Waals surface area contributed by atoms with Crippen molar-refractivity contribution >= 4 is 29.1 Å². The van der Waals surface area contributed by atoms with Gasteiger partial charge in [-0.15, -0.1) is 0 Å². The monoisotopic (exact) mass is 362 g/mol. The summed E-state index contributed by atoms with van der Waals surface area (Å²) in [6.07, 6.45) is 4.84. The lowest BCUT2D eigenvalue weighted by Gasteiger charge is -2.44. The molecule has 1 aromatic carbocycles. The predicted octanol–water partition coefficient (Wildman–Crippen LogP) is 2.86. The van der Waals surface area contributed by atoms with E-state index in [0.717, 1.165) is 24.9 Å². The number of ether oxygens (including phenoxy) is 1. The van der Waals surface area contributed by atoms with E-state index < -0.39 is 0 Å². The Morgan fingerprint density at radius 3 is 2.72 bits per heavy atom. The maximum absolute atomic E-state index is 13.1. The van der Waals surface area contributed by atoms with Crippen LogP contribution in [0.3, 0.4) is 0 Å². The van der Waals surface area contributed by atoms with Crippen molar-refractivity contribution in [2.45, 2.75) is 44.2 Å². The fourth-order valence-corrected chi connectivity index (χ4v) is 4.47. The van der Waals surface area contributed by atoms with E-state index in [4.69, 9.17) is 16.3 Å². The van der Waals surface area contributed by atoms with Crippen LogP contribution >= 0.6 is 11.6 Å². The minimum Gasteiger partial charge on any atom is -0.374 e. The zero-order valence-corrected chi connectivity index (χ0v) is 15.0. The lowest BCUT2D eigenvalue weighted by molar-refractivity contribution is -0.153. The number of nitrogens with zero attached hydrogens (tertiary/aromatic N) is 2. The topological polar surface area (TPSA) is 49.9 Å². The average molecular weight is 363 g/mol. The molecule has 2 aliphatic heterocycles. The number of benzene rings is 1. The number of morpholine rings is 1. The van der Waals surface area contributed by atoms with Gasteiger partial charge >= 0.3 is 0 Å². The van der Waals surface area contributed by atoms with E-state index in [1.54, 1.807) is 17.0 Å². The maximum Gasteiger partial charge on any atom is 0.228 e. The van der Waals surface area contributed by atoms with Crippen LogP contribution in [0.2, 0.25) is 5.02 Å². The Morgan fingerprint density at radius 2 is 1.92 bits per heavy atom. The van der Waals surface area contributed by atoms with Crippen molar-refractivity contribution < 1.29 is 14.3 Å². The van der Waals surface area contributed by atoms with E-state index in [1.165, 1.54) is 6.42 Å². The van der Waals surface area contributed by atoms with Gasteiger partial charge in [-0.25, -0.2) is 0 Å². The van der Waals surface area contributed by atoms with Gasteiger partial charge in [0.1, 0.15) is 0 Å². The average Bonchev–Trinajstić information content (AvgIpc) is 3.03. The highest BCUT2D eigenvalue weighted by Gasteiger charge is 2.42. The van der Waals surface area contributed by atoms with Gasteiger partial charge in [0.25, 0.3) is 0 Å². The minimum absolute atomic E-state index is 0.00845. The molecule has 0 unspecified atom stereocenters. The predicted molar refractivity (Wildman–Crippen MR) is 95.6 cm³/mol. The summed E-state index contributed by atoms with van der Waals surface area (Å²) in [5.74, 6) is -0.136. The van der Waals surface area contributed by atoms with Gasteiger partial charge in [0.2, 0.25) is 11.8 Å². The lowest BCUT2D eigenvalue weighted by atomic mass is 9.89. The Morgan fingerprint density at radius 1 is 1.16 bits per heavy atom. The second kappa shape index (κ2) is 6.96. The molecule has 0 N–H and O–H groups in total. The third kappa shape index (κ3) is 3.27. The molecule has 6 heteroatoms. The van der Waals surface area contributed by atoms with Gasteiger partial charge in [0.15, 0.2) is 0 Å². The second-order valence-electron chi connectivity index (χ2n) is 7.17. The zero-order chi connectivity index (χ0) is 17.4. The molecule has 134 valence electrons. The van der Waals surface area contributed by atoms with E-state index >= 15 is 0 Å². The van der Waals surface area contributed by atoms with Crippen LogP contribution in [-0.2, 0) is 14.3 Å². The van der Waals surface area contributed by atoms with Crippen molar-refractivity contribution in [1.82, 2.24) is 4.90 Å². The van der Waals surface area contributed by atoms with Crippen LogP contribution in [-0.4, -0.2) is 48.6 Å². The van der Waals surface area contributed by atoms with Crippen LogP contribution in [0.5, 0.6) is 0 Å². The van der Waals surface area contributed by atoms with Crippen molar-refractivity contribution in [2.75, 3.05) is 24.6 Å². The number of carbonyl (C=O) groups excluding carboxylic acids is 2. The Hall–Kier alpha value is -1.59. The van der Waals surface area contributed by atoms with Gasteiger partial charge in [-0.3, -0.25) is 9.59 Å². The van der Waals surface area contributed by atoms with Crippen LogP contribution in [0.15, 0.2) is 24.3 Å². The highest BCUT2D eigenvalue weighted by Crippen LogP contribution is 2.32. The minimum atomic E-state index is -0.260. The number of carbonyl (C=O) groups is 2. The number of anilines is 1. The third-order valence-electron chi connectivity index (χ3n) is 5.63. The first-order valence-corrected chi connectivity index (χ1v) is 9.49. The smallest absolute Gasteiger partial charge is 0.228 e. The largest absolute Gasteiger partial charge is 0.374 e. The number of rotatable bonds is 2. The maximum atomic E-state index is 13.1. The summed E-state index contributed by atoms with van der Waals surface area (Å²) in [6, 6.07) is 7.40. The fraction of sp³-hybridized carbons (Fsp3) is 0.579. The van der Waals surface area contributed by atoms with Crippen LogP contribution in [0, 0.1) is 5.92 Å². The van der Waals surface area contributed by atoms with E-state index in [2.05, 4.69) is 0 Å². The number of fused-ring (bicyclic) bond motifs is 1. The van der Waals surface area contributed by atoms with Crippen LogP contribution in [0.25, 0.3) is 0 Å². The lowest BCUT2D eigenvalue weighted by Crippen LogP contribution is -2.56.